The number of rotatable bonds is 8. The maximum absolute atomic E-state index is 13.0. The number of methoxy groups -OCH3 is 1. The van der Waals surface area contributed by atoms with Crippen molar-refractivity contribution >= 4 is 16.9 Å². The second-order valence-corrected chi connectivity index (χ2v) is 7.78. The van der Waals surface area contributed by atoms with Crippen LogP contribution in [0.5, 0.6) is 5.75 Å². The fourth-order valence-electron chi connectivity index (χ4n) is 3.74. The van der Waals surface area contributed by atoms with Crippen LogP contribution < -0.4 is 21.3 Å². The Labute approximate surface area is 179 Å². The number of fused-ring (bicyclic) bond motifs is 1. The molecule has 0 saturated heterocycles. The molecule has 162 valence electrons. The zero-order valence-electron chi connectivity index (χ0n) is 17.7. The highest BCUT2D eigenvalue weighted by molar-refractivity contribution is 6.05. The molecule has 2 heterocycles. The lowest BCUT2D eigenvalue weighted by Gasteiger charge is -2.12. The second-order valence-electron chi connectivity index (χ2n) is 7.78. The Bertz CT molecular complexity index is 1220. The minimum atomic E-state index is -0.581. The Morgan fingerprint density at radius 1 is 1.26 bits per heavy atom. The zero-order valence-corrected chi connectivity index (χ0v) is 17.7. The summed E-state index contributed by atoms with van der Waals surface area (Å²) in [6, 6.07) is 9.54. The first-order chi connectivity index (χ1) is 15.0. The first kappa shape index (κ1) is 20.8. The highest BCUT2D eigenvalue weighted by atomic mass is 16.5. The smallest absolute Gasteiger partial charge is 0.329 e. The van der Waals surface area contributed by atoms with Gasteiger partial charge in [-0.1, -0.05) is 12.1 Å². The lowest BCUT2D eigenvalue weighted by Crippen LogP contribution is -2.33. The second kappa shape index (κ2) is 8.75. The van der Waals surface area contributed by atoms with Gasteiger partial charge in [-0.3, -0.25) is 19.1 Å². The summed E-state index contributed by atoms with van der Waals surface area (Å²) < 4.78 is 6.57. The number of hydrogen-bond donors (Lipinski definition) is 2. The van der Waals surface area contributed by atoms with Gasteiger partial charge in [-0.2, -0.15) is 0 Å². The van der Waals surface area contributed by atoms with Crippen LogP contribution in [0.1, 0.15) is 53.7 Å². The first-order valence-electron chi connectivity index (χ1n) is 10.6. The van der Waals surface area contributed by atoms with Crippen LogP contribution in [0.15, 0.2) is 39.9 Å². The number of hydrogen-bond acceptors (Lipinski definition) is 5. The number of nitrogens with zero attached hydrogens (tertiary/aromatic N) is 2. The van der Waals surface area contributed by atoms with E-state index in [0.29, 0.717) is 13.1 Å². The van der Waals surface area contributed by atoms with Gasteiger partial charge in [0.1, 0.15) is 5.75 Å². The number of aromatic amines is 1. The number of benzene rings is 1. The maximum atomic E-state index is 13.0. The van der Waals surface area contributed by atoms with Gasteiger partial charge < -0.3 is 10.1 Å². The maximum Gasteiger partial charge on any atom is 0.329 e. The third-order valence-electron chi connectivity index (χ3n) is 5.61. The molecule has 1 aromatic carbocycles. The number of pyridine rings is 1. The summed E-state index contributed by atoms with van der Waals surface area (Å²) in [7, 11) is 1.63. The molecule has 2 aromatic heterocycles. The molecule has 0 aliphatic heterocycles. The van der Waals surface area contributed by atoms with Crippen LogP contribution in [-0.2, 0) is 13.0 Å². The van der Waals surface area contributed by atoms with Gasteiger partial charge >= 0.3 is 5.69 Å². The monoisotopic (exact) mass is 422 g/mol. The van der Waals surface area contributed by atoms with Crippen molar-refractivity contribution in [3.63, 3.8) is 0 Å². The van der Waals surface area contributed by atoms with Gasteiger partial charge in [0.05, 0.1) is 18.1 Å². The van der Waals surface area contributed by atoms with E-state index in [1.165, 1.54) is 4.57 Å². The van der Waals surface area contributed by atoms with E-state index in [0.717, 1.165) is 42.7 Å². The minimum absolute atomic E-state index is 0.165. The molecule has 1 aliphatic carbocycles. The van der Waals surface area contributed by atoms with E-state index < -0.39 is 11.2 Å². The molecule has 2 N–H and O–H groups in total. The van der Waals surface area contributed by atoms with Crippen LogP contribution in [0.4, 0.5) is 0 Å². The topological polar surface area (TPSA) is 106 Å². The molecule has 0 unspecified atom stereocenters. The van der Waals surface area contributed by atoms with Crippen molar-refractivity contribution in [2.75, 3.05) is 13.7 Å². The zero-order chi connectivity index (χ0) is 22.0. The number of amides is 1. The number of nitrogens with one attached hydrogen (secondary N) is 2. The average molecular weight is 422 g/mol. The average Bonchev–Trinajstić information content (AvgIpc) is 3.62. The Kier molecular flexibility index (Phi) is 5.88. The summed E-state index contributed by atoms with van der Waals surface area (Å²) >= 11 is 0. The van der Waals surface area contributed by atoms with Gasteiger partial charge in [-0.05, 0) is 56.4 Å². The van der Waals surface area contributed by atoms with Crippen molar-refractivity contribution in [3.05, 3.63) is 68.0 Å². The minimum Gasteiger partial charge on any atom is -0.497 e. The lowest BCUT2D eigenvalue weighted by molar-refractivity contribution is 0.0954. The molecule has 8 nitrogen and oxygen atoms in total. The third-order valence-corrected chi connectivity index (χ3v) is 5.61. The molecule has 1 amide bonds. The SMILES string of the molecule is CCn1c(=O)[nH]c(=O)c2c(C(=O)NCCCc3ccc(OC)cc3)cc(C3CC3)nc21. The lowest BCUT2D eigenvalue weighted by atomic mass is 10.1. The summed E-state index contributed by atoms with van der Waals surface area (Å²) in [5, 5.41) is 3.08. The van der Waals surface area contributed by atoms with Gasteiger partial charge in [0.25, 0.3) is 11.5 Å². The van der Waals surface area contributed by atoms with Crippen LogP contribution in [0.2, 0.25) is 0 Å². The van der Waals surface area contributed by atoms with Crippen LogP contribution >= 0.6 is 0 Å². The van der Waals surface area contributed by atoms with E-state index in [2.05, 4.69) is 15.3 Å². The van der Waals surface area contributed by atoms with Crippen LogP contribution in [0.25, 0.3) is 11.0 Å². The molecule has 0 spiro atoms. The summed E-state index contributed by atoms with van der Waals surface area (Å²) in [4.78, 5) is 44.6. The fraction of sp³-hybridized carbons (Fsp3) is 0.391. The number of aromatic nitrogens is 3. The highest BCUT2D eigenvalue weighted by Crippen LogP contribution is 2.39. The van der Waals surface area contributed by atoms with Gasteiger partial charge in [-0.25, -0.2) is 9.78 Å². The van der Waals surface area contributed by atoms with Crippen molar-refractivity contribution in [2.45, 2.75) is 45.1 Å². The number of carbonyl (C=O) groups excluding carboxylic acids is 1. The van der Waals surface area contributed by atoms with Crippen molar-refractivity contribution in [2.24, 2.45) is 0 Å². The standard InChI is InChI=1S/C23H26N4O4/c1-3-27-20-19(22(29)26-23(27)30)17(13-18(25-20)15-8-9-15)21(28)24-12-4-5-14-6-10-16(31-2)11-7-14/h6-7,10-11,13,15H,3-5,8-9,12H2,1-2H3,(H,24,28)(H,26,29,30). The molecule has 1 fully saturated rings. The Hall–Kier alpha value is -3.42. The predicted octanol–water partition coefficient (Wildman–Crippen LogP) is 2.35. The molecule has 3 aromatic rings. The quantitative estimate of drug-likeness (QED) is 0.542. The van der Waals surface area contributed by atoms with Crippen LogP contribution in [-0.4, -0.2) is 34.1 Å². The predicted molar refractivity (Wildman–Crippen MR) is 118 cm³/mol. The number of carbonyl (C=O) groups is 1. The largest absolute Gasteiger partial charge is 0.497 e. The van der Waals surface area contributed by atoms with E-state index in [4.69, 9.17) is 4.74 Å². The summed E-state index contributed by atoms with van der Waals surface area (Å²) in [6.07, 6.45) is 3.57. The van der Waals surface area contributed by atoms with Gasteiger partial charge in [0, 0.05) is 24.7 Å². The Morgan fingerprint density at radius 2 is 2.00 bits per heavy atom. The van der Waals surface area contributed by atoms with Gasteiger partial charge in [0.15, 0.2) is 5.65 Å². The highest BCUT2D eigenvalue weighted by Gasteiger charge is 2.28. The first-order valence-corrected chi connectivity index (χ1v) is 10.6. The van der Waals surface area contributed by atoms with Crippen LogP contribution in [0.3, 0.4) is 0 Å². The number of ether oxygens (including phenoxy) is 1. The van der Waals surface area contributed by atoms with Crippen LogP contribution in [0, 0.1) is 0 Å². The molecule has 0 radical (unpaired) electrons. The van der Waals surface area contributed by atoms with Crippen molar-refractivity contribution in [3.8, 4) is 5.75 Å². The van der Waals surface area contributed by atoms with Gasteiger partial charge in [0.2, 0.25) is 0 Å². The molecule has 4 rings (SSSR count). The summed E-state index contributed by atoms with van der Waals surface area (Å²) in [5.74, 6) is 0.769. The number of H-pyrrole nitrogens is 1. The van der Waals surface area contributed by atoms with E-state index in [1.54, 1.807) is 13.2 Å². The molecule has 0 bridgehead atoms. The third kappa shape index (κ3) is 4.38. The Balaban J connectivity index is 1.55. The van der Waals surface area contributed by atoms with Crippen molar-refractivity contribution in [1.82, 2.24) is 19.9 Å². The summed E-state index contributed by atoms with van der Waals surface area (Å²) in [5.41, 5.74) is 1.39. The molecular weight excluding hydrogens is 396 g/mol. The van der Waals surface area contributed by atoms with E-state index in [-0.39, 0.29) is 28.4 Å². The molecule has 1 aliphatic rings. The van der Waals surface area contributed by atoms with Crippen molar-refractivity contribution < 1.29 is 9.53 Å². The molecule has 8 heteroatoms. The van der Waals surface area contributed by atoms with Gasteiger partial charge in [-0.15, -0.1) is 0 Å². The van der Waals surface area contributed by atoms with E-state index >= 15 is 0 Å². The molecule has 1 saturated carbocycles. The van der Waals surface area contributed by atoms with E-state index in [9.17, 15) is 14.4 Å². The van der Waals surface area contributed by atoms with E-state index in [1.807, 2.05) is 31.2 Å². The molecular formula is C23H26N4O4. The summed E-state index contributed by atoms with van der Waals surface area (Å²) in [6.45, 7) is 2.64. The fourth-order valence-corrected chi connectivity index (χ4v) is 3.74. The normalized spacial score (nSPS) is 13.4. The molecule has 0 atom stereocenters. The van der Waals surface area contributed by atoms with Crippen molar-refractivity contribution in [1.29, 1.82) is 0 Å². The Morgan fingerprint density at radius 3 is 2.65 bits per heavy atom. The molecule has 31 heavy (non-hydrogen) atoms. The number of aryl methyl sites for hydroxylation is 2.